The summed E-state index contributed by atoms with van der Waals surface area (Å²) in [7, 11) is 4.19. The van der Waals surface area contributed by atoms with Gasteiger partial charge in [-0.05, 0) is 76.7 Å². The van der Waals surface area contributed by atoms with E-state index in [2.05, 4.69) is 42.1 Å². The lowest BCUT2D eigenvalue weighted by atomic mass is 9.78. The largest absolute Gasteiger partial charge is 0.390 e. The van der Waals surface area contributed by atoms with Crippen molar-refractivity contribution < 1.29 is 9.90 Å². The van der Waals surface area contributed by atoms with E-state index in [-0.39, 0.29) is 5.92 Å². The Kier molecular flexibility index (Phi) is 5.21. The number of carbonyl (C=O) groups is 1. The van der Waals surface area contributed by atoms with Gasteiger partial charge in [0.05, 0.1) is 5.60 Å². The van der Waals surface area contributed by atoms with Gasteiger partial charge in [0.2, 0.25) is 5.91 Å². The molecular weight excluding hydrogens is 312 g/mol. The third-order valence-corrected chi connectivity index (χ3v) is 5.81. The topological polar surface area (TPSA) is 43.8 Å². The highest BCUT2D eigenvalue weighted by Crippen LogP contribution is 2.33. The van der Waals surface area contributed by atoms with Crippen LogP contribution in [0.3, 0.4) is 0 Å². The molecular formula is C21H32N2O2. The summed E-state index contributed by atoms with van der Waals surface area (Å²) in [5.74, 6) is 0.565. The number of fused-ring (bicyclic) bond motifs is 1. The third kappa shape index (κ3) is 4.42. The molecule has 1 heterocycles. The molecule has 2 aliphatic rings. The summed E-state index contributed by atoms with van der Waals surface area (Å²) in [6.07, 6.45) is 4.62. The lowest BCUT2D eigenvalue weighted by Crippen LogP contribution is -2.49. The molecule has 1 N–H and O–H groups in total. The average Bonchev–Trinajstić information content (AvgIpc) is 2.49. The van der Waals surface area contributed by atoms with Crippen molar-refractivity contribution >= 4 is 5.91 Å². The lowest BCUT2D eigenvalue weighted by molar-refractivity contribution is -0.141. The summed E-state index contributed by atoms with van der Waals surface area (Å²) in [5.41, 5.74) is 3.33. The van der Waals surface area contributed by atoms with Gasteiger partial charge in [0.1, 0.15) is 0 Å². The van der Waals surface area contributed by atoms with Gasteiger partial charge in [-0.15, -0.1) is 0 Å². The van der Waals surface area contributed by atoms with E-state index in [0.717, 1.165) is 45.2 Å². The van der Waals surface area contributed by atoms with Crippen molar-refractivity contribution in [1.82, 2.24) is 9.80 Å². The molecule has 0 aromatic heterocycles. The van der Waals surface area contributed by atoms with Crippen molar-refractivity contribution in [3.8, 4) is 0 Å². The van der Waals surface area contributed by atoms with Crippen LogP contribution >= 0.6 is 0 Å². The molecule has 1 amide bonds. The number of hydrogen-bond donors (Lipinski definition) is 1. The summed E-state index contributed by atoms with van der Waals surface area (Å²) in [6.45, 7) is 5.30. The Labute approximate surface area is 151 Å². The van der Waals surface area contributed by atoms with Crippen molar-refractivity contribution in [2.24, 2.45) is 5.92 Å². The second-order valence-electron chi connectivity index (χ2n) is 8.71. The second kappa shape index (κ2) is 7.08. The van der Waals surface area contributed by atoms with Gasteiger partial charge in [-0.2, -0.15) is 0 Å². The molecule has 25 heavy (non-hydrogen) atoms. The van der Waals surface area contributed by atoms with Crippen LogP contribution in [0.4, 0.5) is 0 Å². The third-order valence-electron chi connectivity index (χ3n) is 5.81. The van der Waals surface area contributed by atoms with E-state index in [1.807, 2.05) is 13.8 Å². The second-order valence-corrected chi connectivity index (χ2v) is 8.71. The smallest absolute Gasteiger partial charge is 0.226 e. The van der Waals surface area contributed by atoms with Gasteiger partial charge < -0.3 is 14.9 Å². The van der Waals surface area contributed by atoms with Crippen LogP contribution in [0, 0.1) is 5.92 Å². The fourth-order valence-corrected chi connectivity index (χ4v) is 3.87. The molecule has 0 atom stereocenters. The zero-order valence-electron chi connectivity index (χ0n) is 16.1. The number of amides is 1. The van der Waals surface area contributed by atoms with E-state index in [0.29, 0.717) is 11.9 Å². The molecule has 0 unspecified atom stereocenters. The Morgan fingerprint density at radius 2 is 2.00 bits per heavy atom. The first kappa shape index (κ1) is 18.4. The lowest BCUT2D eigenvalue weighted by Gasteiger charge is -2.41. The van der Waals surface area contributed by atoms with Crippen LogP contribution in [0.5, 0.6) is 0 Å². The van der Waals surface area contributed by atoms with Crippen LogP contribution in [0.2, 0.25) is 0 Å². The highest BCUT2D eigenvalue weighted by atomic mass is 16.3. The molecule has 0 spiro atoms. The molecule has 1 fully saturated rings. The molecule has 0 radical (unpaired) electrons. The molecule has 0 saturated heterocycles. The number of aryl methyl sites for hydroxylation is 1. The van der Waals surface area contributed by atoms with Crippen molar-refractivity contribution in [2.75, 3.05) is 20.6 Å². The van der Waals surface area contributed by atoms with Crippen molar-refractivity contribution in [1.29, 1.82) is 0 Å². The molecule has 1 aliphatic heterocycles. The van der Waals surface area contributed by atoms with Gasteiger partial charge in [0.15, 0.2) is 0 Å². The standard InChI is InChI=1S/C21H32N2O2/c1-21(2,25)9-7-15-5-6-17-14-23(10-8-16(17)11-15)20(24)18-12-19(13-18)22(3)4/h5-6,11,18-19,25H,7-10,12-14H2,1-4H3. The van der Waals surface area contributed by atoms with Crippen LogP contribution in [0.1, 0.15) is 49.8 Å². The summed E-state index contributed by atoms with van der Waals surface area (Å²) in [6, 6.07) is 7.18. The minimum absolute atomic E-state index is 0.222. The maximum atomic E-state index is 12.7. The Bertz CT molecular complexity index is 627. The predicted octanol–water partition coefficient (Wildman–Crippen LogP) is 2.62. The van der Waals surface area contributed by atoms with Crippen molar-refractivity contribution in [3.05, 3.63) is 34.9 Å². The first-order valence-electron chi connectivity index (χ1n) is 9.51. The Morgan fingerprint density at radius 3 is 2.64 bits per heavy atom. The van der Waals surface area contributed by atoms with E-state index in [4.69, 9.17) is 0 Å². The SMILES string of the molecule is CN(C)C1CC(C(=O)N2CCc3cc(CCC(C)(C)O)ccc3C2)C1. The monoisotopic (exact) mass is 344 g/mol. The quantitative estimate of drug-likeness (QED) is 0.893. The highest BCUT2D eigenvalue weighted by Gasteiger charge is 2.38. The normalized spacial score (nSPS) is 23.4. The van der Waals surface area contributed by atoms with Gasteiger partial charge >= 0.3 is 0 Å². The van der Waals surface area contributed by atoms with E-state index in [1.54, 1.807) is 0 Å². The molecule has 138 valence electrons. The van der Waals surface area contributed by atoms with Gasteiger partial charge in [-0.1, -0.05) is 18.2 Å². The molecule has 1 saturated carbocycles. The van der Waals surface area contributed by atoms with E-state index in [1.165, 1.54) is 16.7 Å². The zero-order valence-corrected chi connectivity index (χ0v) is 16.1. The summed E-state index contributed by atoms with van der Waals surface area (Å²) < 4.78 is 0. The molecule has 1 aromatic carbocycles. The first-order chi connectivity index (χ1) is 11.7. The van der Waals surface area contributed by atoms with Gasteiger partial charge in [0, 0.05) is 25.0 Å². The number of hydrogen-bond acceptors (Lipinski definition) is 3. The van der Waals surface area contributed by atoms with E-state index < -0.39 is 5.60 Å². The molecule has 4 heteroatoms. The fraction of sp³-hybridized carbons (Fsp3) is 0.667. The fourth-order valence-electron chi connectivity index (χ4n) is 3.87. The zero-order chi connectivity index (χ0) is 18.2. The maximum absolute atomic E-state index is 12.7. The minimum atomic E-state index is -0.619. The maximum Gasteiger partial charge on any atom is 0.226 e. The van der Waals surface area contributed by atoms with Gasteiger partial charge in [0.25, 0.3) is 0 Å². The Morgan fingerprint density at radius 1 is 1.28 bits per heavy atom. The van der Waals surface area contributed by atoms with Crippen LogP contribution in [0.15, 0.2) is 18.2 Å². The average molecular weight is 344 g/mol. The van der Waals surface area contributed by atoms with Crippen molar-refractivity contribution in [3.63, 3.8) is 0 Å². The molecule has 3 rings (SSSR count). The van der Waals surface area contributed by atoms with Crippen LogP contribution in [0.25, 0.3) is 0 Å². The van der Waals surface area contributed by atoms with Crippen LogP contribution in [-0.2, 0) is 24.2 Å². The van der Waals surface area contributed by atoms with Gasteiger partial charge in [-0.25, -0.2) is 0 Å². The number of nitrogens with zero attached hydrogens (tertiary/aromatic N) is 2. The van der Waals surface area contributed by atoms with E-state index >= 15 is 0 Å². The number of rotatable bonds is 5. The summed E-state index contributed by atoms with van der Waals surface area (Å²) in [4.78, 5) is 17.0. The highest BCUT2D eigenvalue weighted by molar-refractivity contribution is 5.80. The Balaban J connectivity index is 1.58. The van der Waals surface area contributed by atoms with Crippen molar-refractivity contribution in [2.45, 2.75) is 64.1 Å². The van der Waals surface area contributed by atoms with Crippen LogP contribution in [-0.4, -0.2) is 53.1 Å². The molecule has 1 aromatic rings. The molecule has 0 bridgehead atoms. The predicted molar refractivity (Wildman–Crippen MR) is 100 cm³/mol. The molecule has 4 nitrogen and oxygen atoms in total. The Hall–Kier alpha value is -1.39. The molecule has 1 aliphatic carbocycles. The number of aliphatic hydroxyl groups is 1. The minimum Gasteiger partial charge on any atom is -0.390 e. The summed E-state index contributed by atoms with van der Waals surface area (Å²) in [5, 5.41) is 9.90. The summed E-state index contributed by atoms with van der Waals surface area (Å²) >= 11 is 0. The van der Waals surface area contributed by atoms with Gasteiger partial charge in [-0.3, -0.25) is 4.79 Å². The van der Waals surface area contributed by atoms with Crippen LogP contribution < -0.4 is 0 Å². The first-order valence-corrected chi connectivity index (χ1v) is 9.51. The number of benzene rings is 1. The van der Waals surface area contributed by atoms with E-state index in [9.17, 15) is 9.90 Å². The number of carbonyl (C=O) groups excluding carboxylic acids is 1.